The molecule has 0 fully saturated rings. The van der Waals surface area contributed by atoms with E-state index in [1.165, 1.54) is 12.3 Å². The van der Waals surface area contributed by atoms with E-state index in [0.29, 0.717) is 27.8 Å². The number of aliphatic hydroxyl groups excluding tert-OH is 1. The Hall–Kier alpha value is -2.01. The molecule has 164 valence electrons. The molecule has 0 aliphatic carbocycles. The van der Waals surface area contributed by atoms with E-state index in [1.807, 2.05) is 18.2 Å². The van der Waals surface area contributed by atoms with Gasteiger partial charge in [-0.3, -0.25) is 9.97 Å². The van der Waals surface area contributed by atoms with Crippen molar-refractivity contribution in [2.45, 2.75) is 37.0 Å². The molecule has 2 atom stereocenters. The van der Waals surface area contributed by atoms with E-state index >= 15 is 0 Å². The van der Waals surface area contributed by atoms with Gasteiger partial charge in [0.1, 0.15) is 5.75 Å². The Morgan fingerprint density at radius 3 is 2.57 bits per heavy atom. The number of alkyl halides is 4. The first-order valence-corrected chi connectivity index (χ1v) is 10.7. The van der Waals surface area contributed by atoms with Crippen LogP contribution in [0.1, 0.15) is 18.2 Å². The number of benzene rings is 1. The molecular weight excluding hydrogens is 443 g/mol. The van der Waals surface area contributed by atoms with Crippen LogP contribution in [-0.4, -0.2) is 49.4 Å². The van der Waals surface area contributed by atoms with Crippen molar-refractivity contribution < 1.29 is 27.6 Å². The topological polar surface area (TPSA) is 94.1 Å². The zero-order valence-electron chi connectivity index (χ0n) is 16.2. The molecule has 0 saturated heterocycles. The molecule has 30 heavy (non-hydrogen) atoms. The number of para-hydroxylation sites is 2. The summed E-state index contributed by atoms with van der Waals surface area (Å²) in [5, 5.41) is 8.52. The summed E-state index contributed by atoms with van der Waals surface area (Å²) in [5.74, 6) is 0.429. The van der Waals surface area contributed by atoms with E-state index in [1.54, 1.807) is 19.9 Å². The summed E-state index contributed by atoms with van der Waals surface area (Å²) in [5.41, 5.74) is 2.28. The zero-order chi connectivity index (χ0) is 22.3. The molecule has 0 radical (unpaired) electrons. The van der Waals surface area contributed by atoms with Crippen molar-refractivity contribution >= 4 is 33.8 Å². The molecule has 0 aliphatic heterocycles. The molecule has 0 spiro atoms. The van der Waals surface area contributed by atoms with E-state index in [2.05, 4.69) is 15.0 Å². The van der Waals surface area contributed by atoms with E-state index in [0.717, 1.165) is 5.52 Å². The van der Waals surface area contributed by atoms with Crippen LogP contribution >= 0.6 is 11.6 Å². The van der Waals surface area contributed by atoms with E-state index in [4.69, 9.17) is 21.4 Å². The lowest BCUT2D eigenvalue weighted by Gasteiger charge is -2.14. The lowest BCUT2D eigenvalue weighted by atomic mass is 10.2. The zero-order valence-corrected chi connectivity index (χ0v) is 17.8. The minimum atomic E-state index is -4.42. The van der Waals surface area contributed by atoms with Crippen molar-refractivity contribution in [3.05, 3.63) is 47.8 Å². The molecule has 3 rings (SSSR count). The number of aliphatic hydroxyl groups is 1. The maximum atomic E-state index is 12.5. The number of nitrogens with one attached hydrogen (secondary N) is 1. The van der Waals surface area contributed by atoms with Crippen LogP contribution in [-0.2, 0) is 16.9 Å². The molecule has 3 aromatic rings. The normalized spacial score (nSPS) is 13.5. The highest BCUT2D eigenvalue weighted by Gasteiger charge is 2.29. The van der Waals surface area contributed by atoms with E-state index in [9.17, 15) is 17.7 Å². The van der Waals surface area contributed by atoms with Crippen molar-refractivity contribution in [2.75, 3.05) is 12.5 Å². The summed E-state index contributed by atoms with van der Waals surface area (Å²) in [7, 11) is 0. The Labute approximate surface area is 179 Å². The number of aromatic amines is 1. The van der Waals surface area contributed by atoms with Crippen molar-refractivity contribution in [1.29, 1.82) is 0 Å². The fourth-order valence-electron chi connectivity index (χ4n) is 2.25. The second-order valence-corrected chi connectivity index (χ2v) is 8.01. The number of aromatic nitrogens is 3. The van der Waals surface area contributed by atoms with Crippen LogP contribution in [0.5, 0.6) is 5.75 Å². The first-order valence-electron chi connectivity index (χ1n) is 8.82. The second-order valence-electron chi connectivity index (χ2n) is 6.34. The molecule has 1 unspecified atom stereocenters. The molecule has 2 heterocycles. The maximum Gasteiger partial charge on any atom is 0.422 e. The summed E-state index contributed by atoms with van der Waals surface area (Å²) in [6.07, 6.45) is -3.44. The fourth-order valence-corrected chi connectivity index (χ4v) is 3.35. The van der Waals surface area contributed by atoms with Crippen LogP contribution < -0.4 is 4.74 Å². The SMILES string of the molecule is CC(O)CCl.Cc1c(OCC(F)(F)F)ccnc1C[S@@+]([O-])c1nc2ccccc2[nH]1. The van der Waals surface area contributed by atoms with Gasteiger partial charge in [0, 0.05) is 28.8 Å². The van der Waals surface area contributed by atoms with Crippen LogP contribution in [0.4, 0.5) is 13.2 Å². The lowest BCUT2D eigenvalue weighted by Crippen LogP contribution is -2.20. The molecule has 1 aromatic carbocycles. The number of ether oxygens (including phenoxy) is 1. The van der Waals surface area contributed by atoms with Gasteiger partial charge in [-0.2, -0.15) is 18.2 Å². The molecule has 0 saturated carbocycles. The third-order valence-electron chi connectivity index (χ3n) is 3.72. The van der Waals surface area contributed by atoms with Gasteiger partial charge in [0.2, 0.25) is 0 Å². The summed E-state index contributed by atoms with van der Waals surface area (Å²) < 4.78 is 54.2. The Morgan fingerprint density at radius 1 is 1.30 bits per heavy atom. The van der Waals surface area contributed by atoms with Crippen molar-refractivity contribution in [1.82, 2.24) is 15.0 Å². The van der Waals surface area contributed by atoms with Crippen LogP contribution in [0.3, 0.4) is 0 Å². The number of imidazole rings is 1. The van der Waals surface area contributed by atoms with Gasteiger partial charge in [0.05, 0.1) is 22.8 Å². The summed E-state index contributed by atoms with van der Waals surface area (Å²) >= 11 is 3.57. The molecular formula is C19H21ClF3N3O3S. The highest BCUT2D eigenvalue weighted by molar-refractivity contribution is 7.90. The monoisotopic (exact) mass is 463 g/mol. The molecule has 0 bridgehead atoms. The highest BCUT2D eigenvalue weighted by atomic mass is 35.5. The Kier molecular flexibility index (Phi) is 8.78. The Balaban J connectivity index is 0.000000575. The first kappa shape index (κ1) is 24.3. The maximum absolute atomic E-state index is 12.5. The largest absolute Gasteiger partial charge is 0.609 e. The average Bonchev–Trinajstić information content (AvgIpc) is 3.13. The van der Waals surface area contributed by atoms with Crippen molar-refractivity contribution in [3.63, 3.8) is 0 Å². The molecule has 0 aliphatic rings. The number of hydrogen-bond acceptors (Lipinski definition) is 5. The smallest absolute Gasteiger partial charge is 0.422 e. The third-order valence-corrected chi connectivity index (χ3v) is 5.33. The number of nitrogens with zero attached hydrogens (tertiary/aromatic N) is 2. The molecule has 11 heteroatoms. The number of pyridine rings is 1. The standard InChI is InChI=1S/C16H14F3N3O2S.C3H7ClO/c1-10-13(20-7-6-14(10)24-9-16(17,18)19)8-25(23)15-21-11-4-2-3-5-12(11)22-15;1-3(5)2-4/h2-7H,8-9H2,1H3,(H,21,22);3,5H,2H2,1H3/t25-;/m1./s1. The van der Waals surface area contributed by atoms with Gasteiger partial charge in [-0.1, -0.05) is 12.1 Å². The predicted molar refractivity (Wildman–Crippen MR) is 109 cm³/mol. The second kappa shape index (κ2) is 10.9. The van der Waals surface area contributed by atoms with Crippen LogP contribution in [0, 0.1) is 6.92 Å². The summed E-state index contributed by atoms with van der Waals surface area (Å²) in [6, 6.07) is 8.62. The van der Waals surface area contributed by atoms with E-state index in [-0.39, 0.29) is 17.6 Å². The van der Waals surface area contributed by atoms with Crippen LogP contribution in [0.15, 0.2) is 41.7 Å². The first-order chi connectivity index (χ1) is 14.1. The van der Waals surface area contributed by atoms with Gasteiger partial charge in [0.25, 0.3) is 0 Å². The van der Waals surface area contributed by atoms with Gasteiger partial charge in [-0.25, -0.2) is 0 Å². The summed E-state index contributed by atoms with van der Waals surface area (Å²) in [6.45, 7) is 1.85. The van der Waals surface area contributed by atoms with Gasteiger partial charge in [0.15, 0.2) is 12.4 Å². The van der Waals surface area contributed by atoms with Gasteiger partial charge in [-0.05, 0) is 32.0 Å². The van der Waals surface area contributed by atoms with Crippen LogP contribution in [0.2, 0.25) is 0 Å². The molecule has 2 aromatic heterocycles. The molecule has 6 nitrogen and oxygen atoms in total. The van der Waals surface area contributed by atoms with Crippen molar-refractivity contribution in [3.8, 4) is 5.75 Å². The number of hydrogen-bond donors (Lipinski definition) is 2. The quantitative estimate of drug-likeness (QED) is 0.423. The number of rotatable bonds is 6. The number of halogens is 4. The van der Waals surface area contributed by atoms with Gasteiger partial charge in [-0.15, -0.1) is 11.6 Å². The number of fused-ring (bicyclic) bond motifs is 1. The highest BCUT2D eigenvalue weighted by Crippen LogP contribution is 2.25. The Bertz CT molecular complexity index is 920. The van der Waals surface area contributed by atoms with Crippen molar-refractivity contribution in [2.24, 2.45) is 0 Å². The number of H-pyrrole nitrogens is 1. The molecule has 0 amide bonds. The van der Waals surface area contributed by atoms with E-state index < -0.39 is 24.0 Å². The van der Waals surface area contributed by atoms with Gasteiger partial charge >= 0.3 is 11.3 Å². The fraction of sp³-hybridized carbons (Fsp3) is 0.368. The third kappa shape index (κ3) is 7.35. The minimum Gasteiger partial charge on any atom is -0.609 e. The Morgan fingerprint density at radius 2 is 1.97 bits per heavy atom. The minimum absolute atomic E-state index is 0.0227. The van der Waals surface area contributed by atoms with Crippen LogP contribution in [0.25, 0.3) is 11.0 Å². The molecule has 2 N–H and O–H groups in total. The predicted octanol–water partition coefficient (Wildman–Crippen LogP) is 4.12. The average molecular weight is 464 g/mol. The van der Waals surface area contributed by atoms with Gasteiger partial charge < -0.3 is 14.4 Å². The summed E-state index contributed by atoms with van der Waals surface area (Å²) in [4.78, 5) is 11.3. The lowest BCUT2D eigenvalue weighted by molar-refractivity contribution is -0.153.